The van der Waals surface area contributed by atoms with Crippen LogP contribution in [-0.2, 0) is 11.8 Å². The van der Waals surface area contributed by atoms with Crippen LogP contribution in [0.4, 0.5) is 0 Å². The van der Waals surface area contributed by atoms with Gasteiger partial charge in [-0.15, -0.1) is 0 Å². The van der Waals surface area contributed by atoms with Gasteiger partial charge in [0.1, 0.15) is 5.75 Å². The van der Waals surface area contributed by atoms with Crippen LogP contribution in [0.25, 0.3) is 0 Å². The van der Waals surface area contributed by atoms with E-state index in [0.29, 0.717) is 18.3 Å². The third-order valence-corrected chi connectivity index (χ3v) is 8.39. The normalized spacial score (nSPS) is 34.6. The molecule has 1 aliphatic heterocycles. The van der Waals surface area contributed by atoms with Crippen molar-refractivity contribution in [3.63, 3.8) is 0 Å². The lowest BCUT2D eigenvalue weighted by molar-refractivity contribution is -0.170. The first-order chi connectivity index (χ1) is 14.9. The zero-order valence-corrected chi connectivity index (χ0v) is 18.4. The van der Waals surface area contributed by atoms with E-state index in [4.69, 9.17) is 11.5 Å². The molecule has 1 aromatic rings. The van der Waals surface area contributed by atoms with Gasteiger partial charge in [-0.05, 0) is 93.6 Å². The van der Waals surface area contributed by atoms with E-state index in [1.807, 2.05) is 12.1 Å². The lowest BCUT2D eigenvalue weighted by Crippen LogP contribution is -2.74. The van der Waals surface area contributed by atoms with E-state index in [1.165, 1.54) is 24.0 Å². The van der Waals surface area contributed by atoms with Gasteiger partial charge in [-0.3, -0.25) is 9.89 Å². The molecule has 1 aromatic carbocycles. The van der Waals surface area contributed by atoms with Crippen molar-refractivity contribution in [3.05, 3.63) is 29.3 Å². The summed E-state index contributed by atoms with van der Waals surface area (Å²) < 4.78 is 0. The summed E-state index contributed by atoms with van der Waals surface area (Å²) in [5.74, 6) is 1.27. The summed E-state index contributed by atoms with van der Waals surface area (Å²) in [5.41, 5.74) is 12.3. The van der Waals surface area contributed by atoms with Crippen molar-refractivity contribution in [2.24, 2.45) is 22.4 Å². The molecule has 3 fully saturated rings. The molecule has 1 heterocycles. The minimum Gasteiger partial charge on any atom is -0.508 e. The number of aliphatic imine (C=N–C) groups is 1. The number of aliphatic hydroxyl groups is 1. The van der Waals surface area contributed by atoms with E-state index in [2.05, 4.69) is 21.3 Å². The second-order valence-corrected chi connectivity index (χ2v) is 10.3. The van der Waals surface area contributed by atoms with E-state index < -0.39 is 5.60 Å². The SMILES string of the molecule is NC(N)=NCCCN[C@@H]1CC[C@@]2(O)[C@H]3Cc4ccc(O)cc4[C@@]2(CCN3CC2CC2)C1. The second kappa shape index (κ2) is 7.94. The fourth-order valence-electron chi connectivity index (χ4n) is 6.72. The summed E-state index contributed by atoms with van der Waals surface area (Å²) in [6.45, 7) is 3.66. The number of hydrogen-bond acceptors (Lipinski definition) is 5. The fourth-order valence-corrected chi connectivity index (χ4v) is 6.72. The molecule has 170 valence electrons. The summed E-state index contributed by atoms with van der Waals surface area (Å²) in [6, 6.07) is 6.37. The Morgan fingerprint density at radius 3 is 2.84 bits per heavy atom. The monoisotopic (exact) mass is 427 g/mol. The maximum Gasteiger partial charge on any atom is 0.185 e. The summed E-state index contributed by atoms with van der Waals surface area (Å²) in [5, 5.41) is 26.3. The van der Waals surface area contributed by atoms with Crippen molar-refractivity contribution in [2.45, 2.75) is 74.5 Å². The van der Waals surface area contributed by atoms with Crippen molar-refractivity contribution in [1.29, 1.82) is 0 Å². The molecule has 0 amide bonds. The molecule has 2 bridgehead atoms. The van der Waals surface area contributed by atoms with Gasteiger partial charge in [-0.25, -0.2) is 0 Å². The highest BCUT2D eigenvalue weighted by Gasteiger charge is 2.64. The van der Waals surface area contributed by atoms with Crippen LogP contribution in [0.15, 0.2) is 23.2 Å². The summed E-state index contributed by atoms with van der Waals surface area (Å²) in [6.07, 6.45) is 8.09. The molecule has 4 aliphatic rings. The van der Waals surface area contributed by atoms with Crippen LogP contribution in [0.3, 0.4) is 0 Å². The first kappa shape index (κ1) is 21.0. The molecular weight excluding hydrogens is 390 g/mol. The molecule has 2 saturated carbocycles. The zero-order valence-electron chi connectivity index (χ0n) is 18.4. The predicted octanol–water partition coefficient (Wildman–Crippen LogP) is 1.21. The van der Waals surface area contributed by atoms with Gasteiger partial charge >= 0.3 is 0 Å². The molecule has 0 radical (unpaired) electrons. The van der Waals surface area contributed by atoms with Crippen molar-refractivity contribution in [1.82, 2.24) is 10.2 Å². The molecule has 0 unspecified atom stereocenters. The molecule has 5 rings (SSSR count). The number of fused-ring (bicyclic) bond motifs is 1. The number of hydrogen-bond donors (Lipinski definition) is 5. The first-order valence-corrected chi connectivity index (χ1v) is 12.0. The molecule has 0 aromatic heterocycles. The average molecular weight is 428 g/mol. The molecule has 0 spiro atoms. The molecule has 1 saturated heterocycles. The third kappa shape index (κ3) is 3.70. The van der Waals surface area contributed by atoms with Crippen LogP contribution < -0.4 is 16.8 Å². The number of phenolic OH excluding ortho intramolecular Hbond substituents is 1. The van der Waals surface area contributed by atoms with E-state index in [-0.39, 0.29) is 17.4 Å². The van der Waals surface area contributed by atoms with Crippen LogP contribution in [0.1, 0.15) is 56.1 Å². The molecule has 7 nitrogen and oxygen atoms in total. The zero-order chi connectivity index (χ0) is 21.6. The topological polar surface area (TPSA) is 120 Å². The number of phenols is 1. The Hall–Kier alpha value is -1.83. The van der Waals surface area contributed by atoms with Gasteiger partial charge in [0.2, 0.25) is 0 Å². The first-order valence-electron chi connectivity index (χ1n) is 12.0. The number of aromatic hydroxyl groups is 1. The number of likely N-dealkylation sites (tertiary alicyclic amines) is 1. The van der Waals surface area contributed by atoms with E-state index in [0.717, 1.165) is 64.1 Å². The quantitative estimate of drug-likeness (QED) is 0.253. The van der Waals surface area contributed by atoms with Gasteiger partial charge in [0.05, 0.1) is 5.60 Å². The van der Waals surface area contributed by atoms with Gasteiger partial charge < -0.3 is 27.0 Å². The smallest absolute Gasteiger partial charge is 0.185 e. The Morgan fingerprint density at radius 2 is 2.06 bits per heavy atom. The van der Waals surface area contributed by atoms with Crippen molar-refractivity contribution >= 4 is 5.96 Å². The fraction of sp³-hybridized carbons (Fsp3) is 0.708. The minimum absolute atomic E-state index is 0.143. The lowest BCUT2D eigenvalue weighted by atomic mass is 9.49. The molecule has 31 heavy (non-hydrogen) atoms. The summed E-state index contributed by atoms with van der Waals surface area (Å²) in [4.78, 5) is 6.66. The van der Waals surface area contributed by atoms with Gasteiger partial charge in [-0.1, -0.05) is 6.07 Å². The number of guanidine groups is 1. The number of nitrogens with one attached hydrogen (secondary N) is 1. The molecule has 4 atom stereocenters. The Morgan fingerprint density at radius 1 is 1.23 bits per heavy atom. The van der Waals surface area contributed by atoms with Crippen LogP contribution in [0.2, 0.25) is 0 Å². The number of rotatable bonds is 7. The van der Waals surface area contributed by atoms with Crippen molar-refractivity contribution in [2.75, 3.05) is 26.2 Å². The van der Waals surface area contributed by atoms with E-state index in [1.54, 1.807) is 0 Å². The maximum atomic E-state index is 12.3. The largest absolute Gasteiger partial charge is 0.508 e. The number of nitrogens with two attached hydrogens (primary N) is 2. The van der Waals surface area contributed by atoms with Gasteiger partial charge in [0, 0.05) is 30.6 Å². The number of benzene rings is 1. The second-order valence-electron chi connectivity index (χ2n) is 10.3. The summed E-state index contributed by atoms with van der Waals surface area (Å²) >= 11 is 0. The van der Waals surface area contributed by atoms with Crippen molar-refractivity contribution < 1.29 is 10.2 Å². The highest BCUT2D eigenvalue weighted by molar-refractivity contribution is 5.75. The molecular formula is C24H37N5O2. The molecule has 7 heteroatoms. The lowest BCUT2D eigenvalue weighted by Gasteiger charge is -2.65. The third-order valence-electron chi connectivity index (χ3n) is 8.39. The Labute approximate surface area is 184 Å². The van der Waals surface area contributed by atoms with Crippen LogP contribution in [-0.4, -0.2) is 64.9 Å². The van der Waals surface area contributed by atoms with Gasteiger partial charge in [0.15, 0.2) is 5.96 Å². The Balaban J connectivity index is 1.40. The van der Waals surface area contributed by atoms with Gasteiger partial charge in [-0.2, -0.15) is 0 Å². The van der Waals surface area contributed by atoms with Gasteiger partial charge in [0.25, 0.3) is 0 Å². The highest BCUT2D eigenvalue weighted by Crippen LogP contribution is 2.58. The Bertz CT molecular complexity index is 852. The van der Waals surface area contributed by atoms with Crippen LogP contribution >= 0.6 is 0 Å². The molecule has 7 N–H and O–H groups in total. The highest BCUT2D eigenvalue weighted by atomic mass is 16.3. The summed E-state index contributed by atoms with van der Waals surface area (Å²) in [7, 11) is 0. The maximum absolute atomic E-state index is 12.3. The number of piperidine rings is 1. The predicted molar refractivity (Wildman–Crippen MR) is 122 cm³/mol. The van der Waals surface area contributed by atoms with Crippen LogP contribution in [0, 0.1) is 5.92 Å². The van der Waals surface area contributed by atoms with E-state index >= 15 is 0 Å². The molecule has 3 aliphatic carbocycles. The van der Waals surface area contributed by atoms with E-state index in [9.17, 15) is 10.2 Å². The minimum atomic E-state index is -0.725. The standard InChI is InChI=1S/C24H37N5O2/c25-22(26)28-10-1-9-27-18-6-7-24(31)21-12-17-4-5-19(30)13-20(17)23(24,14-18)8-11-29(21)15-16-2-3-16/h4-5,13,16,18,21,27,30-31H,1-3,6-12,14-15H2,(H4,25,26,28)/t18-,21-,23-,24-/m1/s1. The average Bonchev–Trinajstić information content (AvgIpc) is 3.54. The van der Waals surface area contributed by atoms with Crippen LogP contribution in [0.5, 0.6) is 5.75 Å². The van der Waals surface area contributed by atoms with Crippen molar-refractivity contribution in [3.8, 4) is 5.75 Å². The number of nitrogens with zero attached hydrogens (tertiary/aromatic N) is 2. The Kier molecular flexibility index (Phi) is 5.39.